The number of halogens is 3. The molecule has 0 aliphatic carbocycles. The summed E-state index contributed by atoms with van der Waals surface area (Å²) in [6.45, 7) is 0. The fraction of sp³-hybridized carbons (Fsp3) is 0.0833. The first-order valence-electron chi connectivity index (χ1n) is 6.10. The van der Waals surface area contributed by atoms with E-state index in [1.165, 1.54) is 29.5 Å². The molecule has 1 N–H and O–H groups in total. The molecule has 0 aliphatic rings. The minimum absolute atomic E-state index is 0.220. The normalized spacial score (nSPS) is 11.4. The van der Waals surface area contributed by atoms with Crippen molar-refractivity contribution in [2.75, 3.05) is 5.32 Å². The number of benzene rings is 1. The summed E-state index contributed by atoms with van der Waals surface area (Å²) in [5, 5.41) is 11.2. The van der Waals surface area contributed by atoms with Crippen molar-refractivity contribution in [3.05, 3.63) is 47.5 Å². The summed E-state index contributed by atoms with van der Waals surface area (Å²) in [7, 11) is 0. The maximum atomic E-state index is 12.4. The zero-order valence-corrected chi connectivity index (χ0v) is 12.0. The number of amides is 1. The fourth-order valence-electron chi connectivity index (χ4n) is 1.66. The molecule has 0 saturated carbocycles. The van der Waals surface area contributed by atoms with E-state index in [1.54, 1.807) is 12.1 Å². The van der Waals surface area contributed by atoms with Gasteiger partial charge in [-0.15, -0.1) is 10.2 Å². The molecule has 0 bridgehead atoms. The maximum Gasteiger partial charge on any atom is 0.445 e. The first-order chi connectivity index (χ1) is 10.9. The predicted octanol–water partition coefficient (Wildman–Crippen LogP) is 2.39. The SMILES string of the molecule is O=C(Nc1nnc(C(F)(F)F)s1)c1ccc(-n2cncn2)cc1. The monoisotopic (exact) mass is 340 g/mol. The number of carbonyl (C=O) groups excluding carboxylic acids is 1. The van der Waals surface area contributed by atoms with E-state index in [0.717, 1.165) is 0 Å². The van der Waals surface area contributed by atoms with Crippen molar-refractivity contribution in [3.63, 3.8) is 0 Å². The topological polar surface area (TPSA) is 85.6 Å². The number of rotatable bonds is 3. The van der Waals surface area contributed by atoms with Gasteiger partial charge in [0.05, 0.1) is 5.69 Å². The van der Waals surface area contributed by atoms with E-state index in [-0.39, 0.29) is 22.0 Å². The van der Waals surface area contributed by atoms with Crippen LogP contribution in [0.1, 0.15) is 15.4 Å². The molecule has 2 heterocycles. The summed E-state index contributed by atoms with van der Waals surface area (Å²) in [5.41, 5.74) is 0.951. The van der Waals surface area contributed by atoms with Gasteiger partial charge in [-0.25, -0.2) is 9.67 Å². The second-order valence-corrected chi connectivity index (χ2v) is 5.23. The zero-order chi connectivity index (χ0) is 16.4. The Balaban J connectivity index is 1.72. The quantitative estimate of drug-likeness (QED) is 0.791. The average Bonchev–Trinajstić information content (AvgIpc) is 3.18. The predicted molar refractivity (Wildman–Crippen MR) is 74.2 cm³/mol. The number of carbonyl (C=O) groups is 1. The molecule has 0 saturated heterocycles. The van der Waals surface area contributed by atoms with Crippen molar-refractivity contribution in [1.29, 1.82) is 0 Å². The highest BCUT2D eigenvalue weighted by Crippen LogP contribution is 2.33. The first-order valence-corrected chi connectivity index (χ1v) is 6.92. The van der Waals surface area contributed by atoms with Gasteiger partial charge in [-0.05, 0) is 24.3 Å². The summed E-state index contributed by atoms with van der Waals surface area (Å²) < 4.78 is 38.8. The Labute approximate surface area is 130 Å². The molecule has 0 radical (unpaired) electrons. The van der Waals surface area contributed by atoms with E-state index < -0.39 is 17.1 Å². The molecule has 0 unspecified atom stereocenters. The Hall–Kier alpha value is -2.82. The van der Waals surface area contributed by atoms with Crippen molar-refractivity contribution < 1.29 is 18.0 Å². The number of anilines is 1. The summed E-state index contributed by atoms with van der Waals surface area (Å²) >= 11 is 0.262. The van der Waals surface area contributed by atoms with Gasteiger partial charge in [-0.2, -0.15) is 18.3 Å². The molecular formula is C12H7F3N6OS. The second kappa shape index (κ2) is 5.76. The van der Waals surface area contributed by atoms with Crippen LogP contribution >= 0.6 is 11.3 Å². The Kier molecular flexibility index (Phi) is 3.78. The third-order valence-corrected chi connectivity index (χ3v) is 3.58. The van der Waals surface area contributed by atoms with Crippen molar-refractivity contribution in [2.45, 2.75) is 6.18 Å². The van der Waals surface area contributed by atoms with Crippen LogP contribution in [-0.4, -0.2) is 30.9 Å². The van der Waals surface area contributed by atoms with Gasteiger partial charge in [0.25, 0.3) is 5.91 Å². The van der Waals surface area contributed by atoms with Crippen LogP contribution in [0.5, 0.6) is 0 Å². The molecule has 7 nitrogen and oxygen atoms in total. The van der Waals surface area contributed by atoms with E-state index in [0.29, 0.717) is 5.69 Å². The van der Waals surface area contributed by atoms with Gasteiger partial charge in [0.15, 0.2) is 0 Å². The molecule has 23 heavy (non-hydrogen) atoms. The molecule has 0 spiro atoms. The van der Waals surface area contributed by atoms with E-state index in [2.05, 4.69) is 25.6 Å². The zero-order valence-electron chi connectivity index (χ0n) is 11.2. The molecule has 1 aromatic carbocycles. The highest BCUT2D eigenvalue weighted by atomic mass is 32.1. The van der Waals surface area contributed by atoms with Crippen molar-refractivity contribution in [3.8, 4) is 5.69 Å². The molecule has 2 aromatic heterocycles. The molecule has 118 valence electrons. The minimum Gasteiger partial charge on any atom is -0.296 e. The summed E-state index contributed by atoms with van der Waals surface area (Å²) in [4.78, 5) is 15.8. The van der Waals surface area contributed by atoms with Gasteiger partial charge < -0.3 is 0 Å². The lowest BCUT2D eigenvalue weighted by Gasteiger charge is -2.03. The fourth-order valence-corrected chi connectivity index (χ4v) is 2.27. The van der Waals surface area contributed by atoms with Crippen LogP contribution in [0.3, 0.4) is 0 Å². The highest BCUT2D eigenvalue weighted by molar-refractivity contribution is 7.15. The Morgan fingerprint density at radius 3 is 2.48 bits per heavy atom. The number of nitrogens with zero attached hydrogens (tertiary/aromatic N) is 5. The smallest absolute Gasteiger partial charge is 0.296 e. The first kappa shape index (κ1) is 15.1. The highest BCUT2D eigenvalue weighted by Gasteiger charge is 2.35. The van der Waals surface area contributed by atoms with Crippen molar-refractivity contribution >= 4 is 22.4 Å². The van der Waals surface area contributed by atoms with Gasteiger partial charge in [0.2, 0.25) is 10.1 Å². The summed E-state index contributed by atoms with van der Waals surface area (Å²) in [6, 6.07) is 6.28. The molecule has 0 atom stereocenters. The molecular weight excluding hydrogens is 333 g/mol. The second-order valence-electron chi connectivity index (χ2n) is 4.25. The molecule has 11 heteroatoms. The number of aromatic nitrogens is 5. The molecule has 0 fully saturated rings. The van der Waals surface area contributed by atoms with E-state index in [1.807, 2.05) is 0 Å². The third kappa shape index (κ3) is 3.34. The Morgan fingerprint density at radius 2 is 1.91 bits per heavy atom. The standard InChI is InChI=1S/C12H7F3N6OS/c13-12(14,15)10-19-20-11(23-10)18-9(22)7-1-3-8(4-2-7)21-6-16-5-17-21/h1-6H,(H,18,20,22). The van der Waals surface area contributed by atoms with Gasteiger partial charge >= 0.3 is 6.18 Å². The molecule has 3 rings (SSSR count). The lowest BCUT2D eigenvalue weighted by Crippen LogP contribution is -2.11. The van der Waals surface area contributed by atoms with Gasteiger partial charge in [0.1, 0.15) is 12.7 Å². The van der Waals surface area contributed by atoms with Crippen LogP contribution in [0.15, 0.2) is 36.9 Å². The molecule has 3 aromatic rings. The molecule has 0 aliphatic heterocycles. The van der Waals surface area contributed by atoms with Crippen LogP contribution in [0.4, 0.5) is 18.3 Å². The van der Waals surface area contributed by atoms with Crippen LogP contribution in [0, 0.1) is 0 Å². The maximum absolute atomic E-state index is 12.4. The van der Waals surface area contributed by atoms with Crippen LogP contribution < -0.4 is 5.32 Å². The van der Waals surface area contributed by atoms with Crippen LogP contribution in [-0.2, 0) is 6.18 Å². The number of alkyl halides is 3. The lowest BCUT2D eigenvalue weighted by atomic mass is 10.2. The third-order valence-electron chi connectivity index (χ3n) is 2.70. The molecule has 1 amide bonds. The summed E-state index contributed by atoms with van der Waals surface area (Å²) in [5.74, 6) is -0.583. The van der Waals surface area contributed by atoms with Crippen molar-refractivity contribution in [1.82, 2.24) is 25.0 Å². The van der Waals surface area contributed by atoms with Gasteiger partial charge in [0, 0.05) is 5.56 Å². The Bertz CT molecular complexity index is 812. The largest absolute Gasteiger partial charge is 0.445 e. The van der Waals surface area contributed by atoms with E-state index in [9.17, 15) is 18.0 Å². The lowest BCUT2D eigenvalue weighted by molar-refractivity contribution is -0.138. The summed E-state index contributed by atoms with van der Waals surface area (Å²) in [6.07, 6.45) is -1.72. The minimum atomic E-state index is -4.58. The average molecular weight is 340 g/mol. The van der Waals surface area contributed by atoms with Crippen molar-refractivity contribution in [2.24, 2.45) is 0 Å². The van der Waals surface area contributed by atoms with Crippen LogP contribution in [0.25, 0.3) is 5.69 Å². The van der Waals surface area contributed by atoms with Crippen LogP contribution in [0.2, 0.25) is 0 Å². The number of hydrogen-bond donors (Lipinski definition) is 1. The van der Waals surface area contributed by atoms with E-state index in [4.69, 9.17) is 0 Å². The van der Waals surface area contributed by atoms with E-state index >= 15 is 0 Å². The van der Waals surface area contributed by atoms with Gasteiger partial charge in [-0.3, -0.25) is 10.1 Å². The number of hydrogen-bond acceptors (Lipinski definition) is 6. The number of nitrogens with one attached hydrogen (secondary N) is 1. The van der Waals surface area contributed by atoms with Gasteiger partial charge in [-0.1, -0.05) is 11.3 Å². The Morgan fingerprint density at radius 1 is 1.17 bits per heavy atom.